The summed E-state index contributed by atoms with van der Waals surface area (Å²) in [6, 6.07) is 5.94. The maximum atomic E-state index is 10.0. The van der Waals surface area contributed by atoms with Gasteiger partial charge < -0.3 is 15.6 Å². The summed E-state index contributed by atoms with van der Waals surface area (Å²) in [5.41, 5.74) is 8.10. The fourth-order valence-corrected chi connectivity index (χ4v) is 3.01. The smallest absolute Gasteiger partial charge is 0.121 e. The molecule has 3 nitrogen and oxygen atoms in total. The van der Waals surface area contributed by atoms with E-state index in [0.29, 0.717) is 18.9 Å². The Kier molecular flexibility index (Phi) is 4.25. The van der Waals surface area contributed by atoms with Crippen molar-refractivity contribution < 1.29 is 9.84 Å². The summed E-state index contributed by atoms with van der Waals surface area (Å²) in [4.78, 5) is 0. The maximum Gasteiger partial charge on any atom is 0.121 e. The molecule has 0 atom stereocenters. The highest BCUT2D eigenvalue weighted by molar-refractivity contribution is 5.40. The number of hydrogen-bond acceptors (Lipinski definition) is 3. The lowest BCUT2D eigenvalue weighted by atomic mass is 9.69. The van der Waals surface area contributed by atoms with Crippen molar-refractivity contribution in [2.75, 3.05) is 13.7 Å². The number of phenols is 1. The van der Waals surface area contributed by atoms with Gasteiger partial charge in [0.2, 0.25) is 0 Å². The van der Waals surface area contributed by atoms with Crippen LogP contribution in [0.4, 0.5) is 0 Å². The minimum absolute atomic E-state index is 0.0708. The molecule has 1 aromatic carbocycles. The van der Waals surface area contributed by atoms with Crippen molar-refractivity contribution in [1.29, 1.82) is 0 Å². The molecule has 1 fully saturated rings. The van der Waals surface area contributed by atoms with Gasteiger partial charge in [0.25, 0.3) is 0 Å². The first-order chi connectivity index (χ1) is 8.72. The van der Waals surface area contributed by atoms with Gasteiger partial charge in [0.15, 0.2) is 0 Å². The van der Waals surface area contributed by atoms with Crippen LogP contribution < -0.4 is 5.73 Å². The van der Waals surface area contributed by atoms with Crippen LogP contribution in [0.1, 0.15) is 43.2 Å². The molecule has 0 spiro atoms. The summed E-state index contributed by atoms with van der Waals surface area (Å²) >= 11 is 0. The topological polar surface area (TPSA) is 55.5 Å². The third-order valence-corrected chi connectivity index (χ3v) is 4.20. The molecule has 0 bridgehead atoms. The minimum Gasteiger partial charge on any atom is -0.508 e. The third kappa shape index (κ3) is 2.52. The van der Waals surface area contributed by atoms with Crippen LogP contribution in [0.25, 0.3) is 0 Å². The Morgan fingerprint density at radius 2 is 2.00 bits per heavy atom. The molecule has 1 aromatic rings. The van der Waals surface area contributed by atoms with Crippen molar-refractivity contribution in [3.63, 3.8) is 0 Å². The summed E-state index contributed by atoms with van der Waals surface area (Å²) in [5.74, 6) is 0.327. The van der Waals surface area contributed by atoms with Crippen molar-refractivity contribution in [2.45, 2.75) is 44.1 Å². The van der Waals surface area contributed by atoms with Gasteiger partial charge in [-0.3, -0.25) is 0 Å². The van der Waals surface area contributed by atoms with Crippen molar-refractivity contribution in [3.05, 3.63) is 29.3 Å². The van der Waals surface area contributed by atoms with Crippen LogP contribution >= 0.6 is 0 Å². The van der Waals surface area contributed by atoms with Crippen LogP contribution in [-0.4, -0.2) is 18.8 Å². The van der Waals surface area contributed by atoms with Gasteiger partial charge in [-0.25, -0.2) is 0 Å². The van der Waals surface area contributed by atoms with Crippen LogP contribution in [0.5, 0.6) is 5.75 Å². The summed E-state index contributed by atoms with van der Waals surface area (Å²) in [6.45, 7) is 1.11. The third-order valence-electron chi connectivity index (χ3n) is 4.20. The Labute approximate surface area is 109 Å². The van der Waals surface area contributed by atoms with E-state index in [9.17, 15) is 5.11 Å². The van der Waals surface area contributed by atoms with E-state index in [2.05, 4.69) is 6.07 Å². The highest BCUT2D eigenvalue weighted by Gasteiger charge is 2.32. The van der Waals surface area contributed by atoms with Crippen LogP contribution in [0.3, 0.4) is 0 Å². The largest absolute Gasteiger partial charge is 0.508 e. The zero-order valence-electron chi connectivity index (χ0n) is 11.1. The lowest BCUT2D eigenvalue weighted by molar-refractivity contribution is 0.182. The van der Waals surface area contributed by atoms with Gasteiger partial charge in [0, 0.05) is 24.6 Å². The predicted octanol–water partition coefficient (Wildman–Crippen LogP) is 2.70. The molecule has 0 unspecified atom stereocenters. The molecule has 2 rings (SSSR count). The van der Waals surface area contributed by atoms with Crippen molar-refractivity contribution in [3.8, 4) is 5.75 Å². The van der Waals surface area contributed by atoms with Gasteiger partial charge >= 0.3 is 0 Å². The second-order valence-electron chi connectivity index (χ2n) is 5.32. The number of aromatic hydroxyl groups is 1. The maximum absolute atomic E-state index is 10.0. The molecule has 1 aliphatic rings. The molecule has 100 valence electrons. The second-order valence-corrected chi connectivity index (χ2v) is 5.32. The van der Waals surface area contributed by atoms with Crippen molar-refractivity contribution in [2.24, 2.45) is 5.73 Å². The summed E-state index contributed by atoms with van der Waals surface area (Å²) in [5, 5.41) is 10.0. The van der Waals surface area contributed by atoms with E-state index < -0.39 is 0 Å². The normalized spacial score (nSPS) is 18.8. The Morgan fingerprint density at radius 3 is 2.56 bits per heavy atom. The quantitative estimate of drug-likeness (QED) is 0.862. The predicted molar refractivity (Wildman–Crippen MR) is 72.6 cm³/mol. The molecular formula is C15H23NO2. The average Bonchev–Trinajstić information content (AvgIpc) is 2.42. The highest BCUT2D eigenvalue weighted by atomic mass is 16.5. The number of phenolic OH excluding ortho intramolecular Hbond substituents is 1. The first-order valence-electron chi connectivity index (χ1n) is 6.73. The Morgan fingerprint density at radius 1 is 1.28 bits per heavy atom. The summed E-state index contributed by atoms with van der Waals surface area (Å²) in [7, 11) is 1.63. The molecule has 0 amide bonds. The van der Waals surface area contributed by atoms with Crippen LogP contribution in [0, 0.1) is 0 Å². The molecule has 3 N–H and O–H groups in total. The molecule has 0 aromatic heterocycles. The van der Waals surface area contributed by atoms with Gasteiger partial charge in [-0.1, -0.05) is 31.4 Å². The molecule has 0 heterocycles. The molecule has 1 saturated carbocycles. The highest BCUT2D eigenvalue weighted by Crippen LogP contribution is 2.40. The SMILES string of the molecule is COCc1ccc(C2(CN)CCCCC2)cc1O. The van der Waals surface area contributed by atoms with Crippen molar-refractivity contribution >= 4 is 0 Å². The fourth-order valence-electron chi connectivity index (χ4n) is 3.01. The zero-order valence-corrected chi connectivity index (χ0v) is 11.1. The van der Waals surface area contributed by atoms with Gasteiger partial charge in [-0.2, -0.15) is 0 Å². The van der Waals surface area contributed by atoms with Gasteiger partial charge in [-0.15, -0.1) is 0 Å². The number of benzene rings is 1. The van der Waals surface area contributed by atoms with Crippen LogP contribution in [-0.2, 0) is 16.8 Å². The van der Waals surface area contributed by atoms with E-state index in [1.165, 1.54) is 24.8 Å². The number of nitrogens with two attached hydrogens (primary N) is 1. The lowest BCUT2D eigenvalue weighted by Gasteiger charge is -2.37. The zero-order chi connectivity index (χ0) is 13.0. The summed E-state index contributed by atoms with van der Waals surface area (Å²) < 4.78 is 5.06. The van der Waals surface area contributed by atoms with E-state index >= 15 is 0 Å². The lowest BCUT2D eigenvalue weighted by Crippen LogP contribution is -2.37. The van der Waals surface area contributed by atoms with Gasteiger partial charge in [0.1, 0.15) is 5.75 Å². The molecule has 18 heavy (non-hydrogen) atoms. The molecule has 3 heteroatoms. The number of rotatable bonds is 4. The van der Waals surface area contributed by atoms with Crippen LogP contribution in [0.15, 0.2) is 18.2 Å². The molecule has 0 radical (unpaired) electrons. The van der Waals surface area contributed by atoms with E-state index in [0.717, 1.165) is 18.4 Å². The van der Waals surface area contributed by atoms with E-state index in [1.807, 2.05) is 12.1 Å². The Bertz CT molecular complexity index is 397. The molecule has 0 saturated heterocycles. The number of hydrogen-bond donors (Lipinski definition) is 2. The standard InChI is InChI=1S/C15H23NO2/c1-18-10-12-5-6-13(9-14(12)17)15(11-16)7-3-2-4-8-15/h5-6,9,17H,2-4,7-8,10-11,16H2,1H3. The monoisotopic (exact) mass is 249 g/mol. The van der Waals surface area contributed by atoms with Crippen LogP contribution in [0.2, 0.25) is 0 Å². The first kappa shape index (κ1) is 13.4. The minimum atomic E-state index is 0.0708. The van der Waals surface area contributed by atoms with E-state index in [1.54, 1.807) is 7.11 Å². The molecule has 1 aliphatic carbocycles. The number of methoxy groups -OCH3 is 1. The van der Waals surface area contributed by atoms with Crippen molar-refractivity contribution in [1.82, 2.24) is 0 Å². The van der Waals surface area contributed by atoms with E-state index in [-0.39, 0.29) is 5.41 Å². The number of ether oxygens (including phenoxy) is 1. The molecule has 0 aliphatic heterocycles. The Hall–Kier alpha value is -1.06. The molecular weight excluding hydrogens is 226 g/mol. The average molecular weight is 249 g/mol. The fraction of sp³-hybridized carbons (Fsp3) is 0.600. The second kappa shape index (κ2) is 5.72. The van der Waals surface area contributed by atoms with E-state index in [4.69, 9.17) is 10.5 Å². The first-order valence-corrected chi connectivity index (χ1v) is 6.73. The summed E-state index contributed by atoms with van der Waals surface area (Å²) in [6.07, 6.45) is 6.03. The van der Waals surface area contributed by atoms with Gasteiger partial charge in [0.05, 0.1) is 6.61 Å². The Balaban J connectivity index is 2.28. The van der Waals surface area contributed by atoms with Gasteiger partial charge in [-0.05, 0) is 24.5 Å².